The molecule has 1 aliphatic rings. The van der Waals surface area contributed by atoms with E-state index in [0.717, 1.165) is 40.2 Å². The summed E-state index contributed by atoms with van der Waals surface area (Å²) >= 11 is 13.6. The zero-order chi connectivity index (χ0) is 15.6. The van der Waals surface area contributed by atoms with Crippen molar-refractivity contribution >= 4 is 40.4 Å². The van der Waals surface area contributed by atoms with Crippen LogP contribution in [0.25, 0.3) is 0 Å². The minimum absolute atomic E-state index is 0.0835. The van der Waals surface area contributed by atoms with E-state index in [1.807, 2.05) is 24.8 Å². The quantitative estimate of drug-likeness (QED) is 0.876. The first kappa shape index (κ1) is 17.1. The fraction of sp³-hybridized carbons (Fsp3) is 0.667. The highest BCUT2D eigenvalue weighted by atomic mass is 35.5. The molecule has 1 fully saturated rings. The maximum absolute atomic E-state index is 12.0. The number of rotatable bonds is 4. The average molecular weight is 349 g/mol. The van der Waals surface area contributed by atoms with E-state index in [4.69, 9.17) is 23.2 Å². The third-order valence-electron chi connectivity index (χ3n) is 3.94. The molecule has 0 saturated carbocycles. The van der Waals surface area contributed by atoms with Gasteiger partial charge in [-0.05, 0) is 31.4 Å². The lowest BCUT2D eigenvalue weighted by molar-refractivity contribution is -0.135. The minimum atomic E-state index is 0.0835. The predicted molar refractivity (Wildman–Crippen MR) is 90.3 cm³/mol. The van der Waals surface area contributed by atoms with Crippen molar-refractivity contribution in [3.8, 4) is 0 Å². The summed E-state index contributed by atoms with van der Waals surface area (Å²) in [7, 11) is 0. The van der Waals surface area contributed by atoms with E-state index < -0.39 is 0 Å². The van der Waals surface area contributed by atoms with Crippen molar-refractivity contribution in [2.24, 2.45) is 5.92 Å². The lowest BCUT2D eigenvalue weighted by atomic mass is 10.0. The number of hydrogen-bond acceptors (Lipinski definition) is 3. The molecule has 6 heteroatoms. The summed E-state index contributed by atoms with van der Waals surface area (Å²) < 4.78 is 1.48. The molecule has 0 radical (unpaired) electrons. The summed E-state index contributed by atoms with van der Waals surface area (Å²) in [6.45, 7) is 7.68. The van der Waals surface area contributed by atoms with Crippen molar-refractivity contribution in [2.75, 3.05) is 13.1 Å². The molecule has 3 nitrogen and oxygen atoms in total. The smallest absolute Gasteiger partial charge is 0.225 e. The number of nitrogens with zero attached hydrogens (tertiary/aromatic N) is 1. The first-order valence-corrected chi connectivity index (χ1v) is 8.95. The first-order valence-electron chi connectivity index (χ1n) is 7.38. The number of likely N-dealkylation sites (tertiary alicyclic amines) is 1. The third kappa shape index (κ3) is 4.35. The van der Waals surface area contributed by atoms with Crippen LogP contribution >= 0.6 is 34.5 Å². The van der Waals surface area contributed by atoms with E-state index >= 15 is 0 Å². The number of nitrogens with one attached hydrogen (secondary N) is 1. The lowest BCUT2D eigenvalue weighted by Crippen LogP contribution is -2.46. The van der Waals surface area contributed by atoms with Crippen molar-refractivity contribution in [2.45, 2.75) is 45.7 Å². The van der Waals surface area contributed by atoms with Crippen molar-refractivity contribution in [1.82, 2.24) is 10.2 Å². The molecule has 1 unspecified atom stereocenters. The Balaban J connectivity index is 1.86. The van der Waals surface area contributed by atoms with Crippen LogP contribution in [0.2, 0.25) is 8.67 Å². The van der Waals surface area contributed by atoms with Crippen LogP contribution in [-0.2, 0) is 4.79 Å². The number of halogens is 2. The maximum Gasteiger partial charge on any atom is 0.225 e. The standard InChI is InChI=1S/C15H22Cl2N2OS/c1-9(2)15(20)19-6-4-11(5-7-19)18-10(3)12-8-13(16)21-14(12)17/h8-11,18H,4-7H2,1-3H3. The predicted octanol–water partition coefficient (Wildman–Crippen LogP) is 4.35. The Morgan fingerprint density at radius 1 is 1.33 bits per heavy atom. The molecule has 1 aromatic rings. The molecule has 1 N–H and O–H groups in total. The van der Waals surface area contributed by atoms with E-state index in [9.17, 15) is 4.79 Å². The highest BCUT2D eigenvalue weighted by Crippen LogP contribution is 2.35. The van der Waals surface area contributed by atoms with Crippen molar-refractivity contribution < 1.29 is 4.79 Å². The summed E-state index contributed by atoms with van der Waals surface area (Å²) in [4.78, 5) is 13.9. The molecule has 1 aliphatic heterocycles. The average Bonchev–Trinajstić information content (AvgIpc) is 2.77. The molecule has 118 valence electrons. The molecule has 1 saturated heterocycles. The number of amides is 1. The second kappa shape index (κ2) is 7.32. The van der Waals surface area contributed by atoms with E-state index in [2.05, 4.69) is 12.2 Å². The monoisotopic (exact) mass is 348 g/mol. The molecular weight excluding hydrogens is 327 g/mol. The molecular formula is C15H22Cl2N2OS. The van der Waals surface area contributed by atoms with E-state index in [0.29, 0.717) is 6.04 Å². The van der Waals surface area contributed by atoms with Crippen LogP contribution in [0.3, 0.4) is 0 Å². The van der Waals surface area contributed by atoms with Crippen molar-refractivity contribution in [1.29, 1.82) is 0 Å². The van der Waals surface area contributed by atoms with Gasteiger partial charge in [0.05, 0.1) is 8.67 Å². The van der Waals surface area contributed by atoms with Crippen LogP contribution in [0, 0.1) is 5.92 Å². The van der Waals surface area contributed by atoms with E-state index in [1.54, 1.807) is 0 Å². The molecule has 0 aromatic carbocycles. The normalized spacial score (nSPS) is 18.3. The molecule has 2 heterocycles. The van der Waals surface area contributed by atoms with Gasteiger partial charge in [0.15, 0.2) is 0 Å². The summed E-state index contributed by atoms with van der Waals surface area (Å²) in [5.74, 6) is 0.342. The van der Waals surface area contributed by atoms with E-state index in [1.165, 1.54) is 11.3 Å². The van der Waals surface area contributed by atoms with Gasteiger partial charge in [0, 0.05) is 31.1 Å². The van der Waals surface area contributed by atoms with Crippen LogP contribution in [0.4, 0.5) is 0 Å². The Bertz CT molecular complexity index is 496. The Morgan fingerprint density at radius 2 is 1.95 bits per heavy atom. The Labute approximate surface area is 140 Å². The summed E-state index contributed by atoms with van der Waals surface area (Å²) in [6, 6.07) is 2.54. The highest BCUT2D eigenvalue weighted by molar-refractivity contribution is 7.20. The van der Waals surface area contributed by atoms with Gasteiger partial charge in [-0.2, -0.15) is 0 Å². The topological polar surface area (TPSA) is 32.3 Å². The fourth-order valence-electron chi connectivity index (χ4n) is 2.72. The molecule has 0 bridgehead atoms. The summed E-state index contributed by atoms with van der Waals surface area (Å²) in [6.07, 6.45) is 1.97. The first-order chi connectivity index (χ1) is 9.88. The van der Waals surface area contributed by atoms with Gasteiger partial charge in [-0.3, -0.25) is 4.79 Å². The zero-order valence-corrected chi connectivity index (χ0v) is 15.0. The number of thiophene rings is 1. The maximum atomic E-state index is 12.0. The molecule has 21 heavy (non-hydrogen) atoms. The van der Waals surface area contributed by atoms with Gasteiger partial charge in [-0.1, -0.05) is 37.0 Å². The lowest BCUT2D eigenvalue weighted by Gasteiger charge is -2.34. The number of carbonyl (C=O) groups is 1. The second-order valence-corrected chi connectivity index (χ2v) is 8.21. The summed E-state index contributed by atoms with van der Waals surface area (Å²) in [5, 5.41) is 3.60. The molecule has 0 spiro atoms. The van der Waals surface area contributed by atoms with Gasteiger partial charge >= 0.3 is 0 Å². The van der Waals surface area contributed by atoms with Crippen LogP contribution < -0.4 is 5.32 Å². The van der Waals surface area contributed by atoms with Gasteiger partial charge in [0.25, 0.3) is 0 Å². The molecule has 1 amide bonds. The zero-order valence-electron chi connectivity index (χ0n) is 12.7. The minimum Gasteiger partial charge on any atom is -0.342 e. The number of hydrogen-bond donors (Lipinski definition) is 1. The van der Waals surface area contributed by atoms with E-state index in [-0.39, 0.29) is 17.9 Å². The van der Waals surface area contributed by atoms with Gasteiger partial charge in [0.1, 0.15) is 0 Å². The Kier molecular flexibility index (Phi) is 5.95. The van der Waals surface area contributed by atoms with Gasteiger partial charge in [-0.15, -0.1) is 11.3 Å². The molecule has 1 aromatic heterocycles. The van der Waals surface area contributed by atoms with Gasteiger partial charge in [0.2, 0.25) is 5.91 Å². The van der Waals surface area contributed by atoms with Crippen LogP contribution in [-0.4, -0.2) is 29.9 Å². The Hall–Kier alpha value is -0.290. The highest BCUT2D eigenvalue weighted by Gasteiger charge is 2.25. The number of carbonyl (C=O) groups excluding carboxylic acids is 1. The fourth-order valence-corrected chi connectivity index (χ4v) is 4.37. The largest absolute Gasteiger partial charge is 0.342 e. The van der Waals surface area contributed by atoms with Crippen LogP contribution in [0.5, 0.6) is 0 Å². The Morgan fingerprint density at radius 3 is 2.43 bits per heavy atom. The van der Waals surface area contributed by atoms with Crippen molar-refractivity contribution in [3.05, 3.63) is 20.3 Å². The number of piperidine rings is 1. The van der Waals surface area contributed by atoms with Crippen LogP contribution in [0.15, 0.2) is 6.07 Å². The summed E-state index contributed by atoms with van der Waals surface area (Å²) in [5.41, 5.74) is 1.06. The molecule has 0 aliphatic carbocycles. The third-order valence-corrected chi connectivity index (χ3v) is 5.45. The second-order valence-electron chi connectivity index (χ2n) is 5.92. The van der Waals surface area contributed by atoms with Crippen LogP contribution in [0.1, 0.15) is 45.2 Å². The van der Waals surface area contributed by atoms with Gasteiger partial charge < -0.3 is 10.2 Å². The SMILES string of the molecule is CC(C)C(=O)N1CCC(NC(C)c2cc(Cl)sc2Cl)CC1. The molecule has 2 rings (SSSR count). The van der Waals surface area contributed by atoms with Gasteiger partial charge in [-0.25, -0.2) is 0 Å². The molecule has 1 atom stereocenters. The van der Waals surface area contributed by atoms with Crippen molar-refractivity contribution in [3.63, 3.8) is 0 Å².